The van der Waals surface area contributed by atoms with E-state index in [0.717, 1.165) is 25.9 Å². The summed E-state index contributed by atoms with van der Waals surface area (Å²) >= 11 is 0. The third kappa shape index (κ3) is 5.71. The molecule has 23 heavy (non-hydrogen) atoms. The second kappa shape index (κ2) is 8.57. The molecule has 0 amide bonds. The monoisotopic (exact) mass is 328 g/mol. The number of alkyl halides is 2. The van der Waals surface area contributed by atoms with Gasteiger partial charge in [0.25, 0.3) is 0 Å². The molecule has 0 spiro atoms. The summed E-state index contributed by atoms with van der Waals surface area (Å²) in [4.78, 5) is 2.33. The van der Waals surface area contributed by atoms with Crippen molar-refractivity contribution in [3.63, 3.8) is 0 Å². The summed E-state index contributed by atoms with van der Waals surface area (Å²) < 4.78 is 28.8. The Balaban J connectivity index is 1.83. The molecule has 4 nitrogen and oxygen atoms in total. The predicted octanol–water partition coefficient (Wildman–Crippen LogP) is 2.64. The van der Waals surface area contributed by atoms with Crippen LogP contribution in [-0.4, -0.2) is 49.3 Å². The van der Waals surface area contributed by atoms with Gasteiger partial charge in [-0.05, 0) is 63.5 Å². The summed E-state index contributed by atoms with van der Waals surface area (Å²) in [7, 11) is 2.13. The summed E-state index contributed by atoms with van der Waals surface area (Å²) in [5.74, 6) is 0.673. The van der Waals surface area contributed by atoms with Gasteiger partial charge in [0.2, 0.25) is 0 Å². The normalized spacial score (nSPS) is 19.7. The predicted molar refractivity (Wildman–Crippen MR) is 85.7 cm³/mol. The molecule has 1 aliphatic rings. The van der Waals surface area contributed by atoms with Gasteiger partial charge in [-0.2, -0.15) is 8.78 Å². The van der Waals surface area contributed by atoms with Crippen LogP contribution in [-0.2, 0) is 0 Å². The van der Waals surface area contributed by atoms with E-state index in [2.05, 4.69) is 28.9 Å². The van der Waals surface area contributed by atoms with E-state index in [-0.39, 0.29) is 5.75 Å². The molecule has 130 valence electrons. The molecule has 1 heterocycles. The van der Waals surface area contributed by atoms with Crippen molar-refractivity contribution in [3.8, 4) is 5.75 Å². The highest BCUT2D eigenvalue weighted by Gasteiger charge is 2.22. The third-order valence-electron chi connectivity index (χ3n) is 4.57. The Morgan fingerprint density at radius 3 is 2.70 bits per heavy atom. The van der Waals surface area contributed by atoms with E-state index in [4.69, 9.17) is 0 Å². The number of piperidine rings is 1. The number of hydrogen-bond donors (Lipinski definition) is 2. The molecule has 1 aliphatic heterocycles. The third-order valence-corrected chi connectivity index (χ3v) is 4.57. The van der Waals surface area contributed by atoms with Crippen LogP contribution < -0.4 is 10.1 Å². The van der Waals surface area contributed by atoms with Crippen LogP contribution in [0.25, 0.3) is 0 Å². The number of ether oxygens (including phenoxy) is 1. The molecule has 1 fully saturated rings. The van der Waals surface area contributed by atoms with Crippen LogP contribution in [0.15, 0.2) is 24.3 Å². The van der Waals surface area contributed by atoms with E-state index < -0.39 is 12.7 Å². The second-order valence-corrected chi connectivity index (χ2v) is 6.30. The highest BCUT2D eigenvalue weighted by atomic mass is 19.3. The lowest BCUT2D eigenvalue weighted by Crippen LogP contribution is -2.41. The molecule has 1 aromatic carbocycles. The highest BCUT2D eigenvalue weighted by Crippen LogP contribution is 2.22. The molecule has 0 radical (unpaired) electrons. The Labute approximate surface area is 136 Å². The Kier molecular flexibility index (Phi) is 6.74. The van der Waals surface area contributed by atoms with Gasteiger partial charge in [0.15, 0.2) is 0 Å². The Bertz CT molecular complexity index is 479. The fourth-order valence-electron chi connectivity index (χ4n) is 3.01. The zero-order valence-corrected chi connectivity index (χ0v) is 13.7. The van der Waals surface area contributed by atoms with E-state index in [1.165, 1.54) is 12.1 Å². The molecule has 1 saturated heterocycles. The smallest absolute Gasteiger partial charge is 0.387 e. The van der Waals surface area contributed by atoms with Gasteiger partial charge >= 0.3 is 6.61 Å². The maximum absolute atomic E-state index is 12.2. The lowest BCUT2D eigenvalue weighted by molar-refractivity contribution is -0.0499. The quantitative estimate of drug-likeness (QED) is 0.808. The maximum atomic E-state index is 12.2. The zero-order chi connectivity index (χ0) is 16.8. The molecule has 6 heteroatoms. The van der Waals surface area contributed by atoms with Gasteiger partial charge in [0, 0.05) is 12.6 Å². The number of nitrogens with one attached hydrogen (secondary N) is 1. The van der Waals surface area contributed by atoms with Gasteiger partial charge in [-0.15, -0.1) is 0 Å². The minimum atomic E-state index is -2.86. The first kappa shape index (κ1) is 18.1. The molecule has 0 saturated carbocycles. The molecule has 0 bridgehead atoms. The van der Waals surface area contributed by atoms with Crippen molar-refractivity contribution in [2.24, 2.45) is 5.92 Å². The summed E-state index contributed by atoms with van der Waals surface area (Å²) in [6.07, 6.45) is 1.56. The number of benzene rings is 1. The molecule has 0 aromatic heterocycles. The van der Waals surface area contributed by atoms with Crippen molar-refractivity contribution < 1.29 is 18.6 Å². The number of rotatable bonds is 7. The minimum Gasteiger partial charge on any atom is -0.435 e. The first-order valence-electron chi connectivity index (χ1n) is 8.10. The largest absolute Gasteiger partial charge is 0.435 e. The minimum absolute atomic E-state index is 0.0694. The molecule has 0 aliphatic carbocycles. The van der Waals surface area contributed by atoms with E-state index >= 15 is 0 Å². The van der Waals surface area contributed by atoms with Crippen LogP contribution >= 0.6 is 0 Å². The molecule has 2 atom stereocenters. The van der Waals surface area contributed by atoms with E-state index in [9.17, 15) is 13.9 Å². The van der Waals surface area contributed by atoms with Gasteiger partial charge in [0.05, 0.1) is 6.10 Å². The Morgan fingerprint density at radius 2 is 2.04 bits per heavy atom. The van der Waals surface area contributed by atoms with Crippen LogP contribution in [0.2, 0.25) is 0 Å². The van der Waals surface area contributed by atoms with Crippen LogP contribution in [0.1, 0.15) is 31.4 Å². The topological polar surface area (TPSA) is 44.7 Å². The zero-order valence-electron chi connectivity index (χ0n) is 13.7. The number of likely N-dealkylation sites (tertiary alicyclic amines) is 1. The lowest BCUT2D eigenvalue weighted by Gasteiger charge is -2.33. The van der Waals surface area contributed by atoms with Gasteiger partial charge < -0.3 is 20.1 Å². The summed E-state index contributed by atoms with van der Waals surface area (Å²) in [5.41, 5.74) is 0.575. The van der Waals surface area contributed by atoms with E-state index in [1.54, 1.807) is 12.1 Å². The fraction of sp³-hybridized carbons (Fsp3) is 0.647. The van der Waals surface area contributed by atoms with E-state index in [0.29, 0.717) is 24.1 Å². The number of halogens is 2. The van der Waals surface area contributed by atoms with Crippen LogP contribution in [0.4, 0.5) is 8.78 Å². The Morgan fingerprint density at radius 1 is 1.35 bits per heavy atom. The molecule has 1 aromatic rings. The average Bonchev–Trinajstić information content (AvgIpc) is 2.52. The van der Waals surface area contributed by atoms with Gasteiger partial charge in [-0.25, -0.2) is 0 Å². The van der Waals surface area contributed by atoms with E-state index in [1.807, 2.05) is 0 Å². The Hall–Kier alpha value is -1.24. The van der Waals surface area contributed by atoms with Gasteiger partial charge in [-0.1, -0.05) is 12.1 Å². The lowest BCUT2D eigenvalue weighted by atomic mass is 9.90. The summed E-state index contributed by atoms with van der Waals surface area (Å²) in [6, 6.07) is 6.55. The number of hydrogen-bond acceptors (Lipinski definition) is 4. The van der Waals surface area contributed by atoms with Crippen molar-refractivity contribution >= 4 is 0 Å². The molecule has 2 rings (SSSR count). The van der Waals surface area contributed by atoms with Crippen LogP contribution in [0, 0.1) is 5.92 Å². The number of aliphatic hydroxyl groups excluding tert-OH is 1. The summed E-state index contributed by atoms with van der Waals surface area (Å²) in [5, 5.41) is 13.6. The van der Waals surface area contributed by atoms with Gasteiger partial charge in [0.1, 0.15) is 5.75 Å². The maximum Gasteiger partial charge on any atom is 0.387 e. The average molecular weight is 328 g/mol. The SMILES string of the molecule is CC(NCC(O)c1cccc(OC(F)F)c1)C1CCN(C)CC1. The molecule has 2 N–H and O–H groups in total. The molecular weight excluding hydrogens is 302 g/mol. The second-order valence-electron chi connectivity index (χ2n) is 6.30. The molecular formula is C17H26F2N2O2. The van der Waals surface area contributed by atoms with Crippen molar-refractivity contribution in [3.05, 3.63) is 29.8 Å². The van der Waals surface area contributed by atoms with Crippen molar-refractivity contribution in [2.45, 2.75) is 38.5 Å². The highest BCUT2D eigenvalue weighted by molar-refractivity contribution is 5.30. The number of nitrogens with zero attached hydrogens (tertiary/aromatic N) is 1. The first-order valence-corrected chi connectivity index (χ1v) is 8.10. The van der Waals surface area contributed by atoms with Crippen LogP contribution in [0.5, 0.6) is 5.75 Å². The fourth-order valence-corrected chi connectivity index (χ4v) is 3.01. The van der Waals surface area contributed by atoms with Crippen molar-refractivity contribution in [2.75, 3.05) is 26.7 Å². The first-order chi connectivity index (χ1) is 11.0. The van der Waals surface area contributed by atoms with Crippen molar-refractivity contribution in [1.82, 2.24) is 10.2 Å². The molecule has 2 unspecified atom stereocenters. The van der Waals surface area contributed by atoms with Crippen LogP contribution in [0.3, 0.4) is 0 Å². The summed E-state index contributed by atoms with van der Waals surface area (Å²) in [6.45, 7) is 1.88. The van der Waals surface area contributed by atoms with Crippen molar-refractivity contribution in [1.29, 1.82) is 0 Å². The standard InChI is InChI=1S/C17H26F2N2O2/c1-12(13-6-8-21(2)9-7-13)20-11-16(22)14-4-3-5-15(10-14)23-17(18)19/h3-5,10,12-13,16-17,20,22H,6-9,11H2,1-2H3. The number of aliphatic hydroxyl groups is 1. The van der Waals surface area contributed by atoms with Gasteiger partial charge in [-0.3, -0.25) is 0 Å².